The van der Waals surface area contributed by atoms with Gasteiger partial charge in [-0.25, -0.2) is 0 Å². The second-order valence-corrected chi connectivity index (χ2v) is 5.42. The molecule has 1 unspecified atom stereocenters. The molecule has 0 heterocycles. The van der Waals surface area contributed by atoms with Crippen LogP contribution in [-0.4, -0.2) is 19.1 Å². The Morgan fingerprint density at radius 2 is 1.95 bits per heavy atom. The van der Waals surface area contributed by atoms with Crippen molar-refractivity contribution in [3.63, 3.8) is 0 Å². The van der Waals surface area contributed by atoms with Crippen LogP contribution in [0.25, 0.3) is 0 Å². The predicted molar refractivity (Wildman–Crippen MR) is 89.1 cm³/mol. The maximum Gasteiger partial charge on any atom is 0.225 e. The first-order chi connectivity index (χ1) is 10.6. The van der Waals surface area contributed by atoms with E-state index in [0.29, 0.717) is 6.42 Å². The molecule has 0 fully saturated rings. The number of ether oxygens (including phenoxy) is 1. The smallest absolute Gasteiger partial charge is 0.225 e. The van der Waals surface area contributed by atoms with E-state index in [1.807, 2.05) is 43.3 Å². The summed E-state index contributed by atoms with van der Waals surface area (Å²) < 4.78 is 5.41. The van der Waals surface area contributed by atoms with Crippen LogP contribution in [0.1, 0.15) is 24.5 Å². The number of carbonyl (C=O) groups excluding carboxylic acids is 1. The van der Waals surface area contributed by atoms with Gasteiger partial charge in [0.2, 0.25) is 5.91 Å². The molecule has 3 N–H and O–H groups in total. The van der Waals surface area contributed by atoms with Crippen molar-refractivity contribution < 1.29 is 9.53 Å². The Hall–Kier alpha value is -2.33. The van der Waals surface area contributed by atoms with Gasteiger partial charge in [-0.1, -0.05) is 30.3 Å². The number of rotatable bonds is 6. The zero-order valence-corrected chi connectivity index (χ0v) is 13.0. The first-order valence-corrected chi connectivity index (χ1v) is 7.34. The average Bonchev–Trinajstić information content (AvgIpc) is 2.47. The fourth-order valence-corrected chi connectivity index (χ4v) is 2.31. The van der Waals surface area contributed by atoms with E-state index in [9.17, 15) is 4.79 Å². The van der Waals surface area contributed by atoms with Gasteiger partial charge in [0.15, 0.2) is 0 Å². The molecule has 2 aromatic carbocycles. The molecule has 0 spiro atoms. The standard InChI is InChI=1S/C18H22N2O2/c1-13(19)10-18(21)20-16-8-9-17(22-2)15(12-16)11-14-6-4-3-5-7-14/h3-9,12-13H,10-11,19H2,1-2H3,(H,20,21). The molecule has 0 saturated carbocycles. The fraction of sp³-hybridized carbons (Fsp3) is 0.278. The van der Waals surface area contributed by atoms with Crippen LogP contribution < -0.4 is 15.8 Å². The highest BCUT2D eigenvalue weighted by atomic mass is 16.5. The van der Waals surface area contributed by atoms with E-state index in [1.54, 1.807) is 7.11 Å². The molecule has 1 amide bonds. The Balaban J connectivity index is 2.17. The molecule has 4 heteroatoms. The van der Waals surface area contributed by atoms with Crippen LogP contribution in [0.15, 0.2) is 48.5 Å². The zero-order chi connectivity index (χ0) is 15.9. The summed E-state index contributed by atoms with van der Waals surface area (Å²) in [6.45, 7) is 1.81. The van der Waals surface area contributed by atoms with E-state index in [4.69, 9.17) is 10.5 Å². The van der Waals surface area contributed by atoms with E-state index >= 15 is 0 Å². The van der Waals surface area contributed by atoms with Crippen LogP contribution in [0.4, 0.5) is 5.69 Å². The van der Waals surface area contributed by atoms with Crippen molar-refractivity contribution in [3.8, 4) is 5.75 Å². The van der Waals surface area contributed by atoms with Crippen molar-refractivity contribution in [2.24, 2.45) is 5.73 Å². The topological polar surface area (TPSA) is 64.3 Å². The van der Waals surface area contributed by atoms with E-state index < -0.39 is 0 Å². The lowest BCUT2D eigenvalue weighted by Crippen LogP contribution is -2.24. The number of hydrogen-bond donors (Lipinski definition) is 2. The third-order valence-electron chi connectivity index (χ3n) is 3.31. The van der Waals surface area contributed by atoms with Crippen molar-refractivity contribution in [1.82, 2.24) is 0 Å². The van der Waals surface area contributed by atoms with Gasteiger partial charge in [0.05, 0.1) is 7.11 Å². The summed E-state index contributed by atoms with van der Waals surface area (Å²) in [7, 11) is 1.65. The number of hydrogen-bond acceptors (Lipinski definition) is 3. The Morgan fingerprint density at radius 1 is 1.23 bits per heavy atom. The molecule has 0 radical (unpaired) electrons. The van der Waals surface area contributed by atoms with Crippen molar-refractivity contribution in [2.45, 2.75) is 25.8 Å². The third-order valence-corrected chi connectivity index (χ3v) is 3.31. The largest absolute Gasteiger partial charge is 0.496 e. The summed E-state index contributed by atoms with van der Waals surface area (Å²) in [6, 6.07) is 15.7. The highest BCUT2D eigenvalue weighted by Crippen LogP contribution is 2.25. The summed E-state index contributed by atoms with van der Waals surface area (Å²) in [6.07, 6.45) is 1.06. The highest BCUT2D eigenvalue weighted by molar-refractivity contribution is 5.91. The SMILES string of the molecule is COc1ccc(NC(=O)CC(C)N)cc1Cc1ccccc1. The van der Waals surface area contributed by atoms with Crippen molar-refractivity contribution in [2.75, 3.05) is 12.4 Å². The molecule has 0 aliphatic carbocycles. The van der Waals surface area contributed by atoms with E-state index in [2.05, 4.69) is 17.4 Å². The molecule has 0 aliphatic rings. The third kappa shape index (κ3) is 4.60. The molecule has 116 valence electrons. The molecule has 0 aliphatic heterocycles. The van der Waals surface area contributed by atoms with E-state index in [1.165, 1.54) is 5.56 Å². The highest BCUT2D eigenvalue weighted by Gasteiger charge is 2.09. The summed E-state index contributed by atoms with van der Waals surface area (Å²) in [5, 5.41) is 2.88. The summed E-state index contributed by atoms with van der Waals surface area (Å²) in [4.78, 5) is 11.8. The van der Waals surface area contributed by atoms with Gasteiger partial charge in [-0.15, -0.1) is 0 Å². The molecular formula is C18H22N2O2. The predicted octanol–water partition coefficient (Wildman–Crippen LogP) is 2.96. The van der Waals surface area contributed by atoms with Crippen LogP contribution in [0.2, 0.25) is 0 Å². The van der Waals surface area contributed by atoms with Crippen molar-refractivity contribution in [3.05, 3.63) is 59.7 Å². The quantitative estimate of drug-likeness (QED) is 0.861. The lowest BCUT2D eigenvalue weighted by molar-refractivity contribution is -0.116. The Morgan fingerprint density at radius 3 is 2.59 bits per heavy atom. The van der Waals surface area contributed by atoms with Crippen molar-refractivity contribution >= 4 is 11.6 Å². The van der Waals surface area contributed by atoms with Crippen LogP contribution >= 0.6 is 0 Å². The minimum Gasteiger partial charge on any atom is -0.496 e. The monoisotopic (exact) mass is 298 g/mol. The molecule has 4 nitrogen and oxygen atoms in total. The molecular weight excluding hydrogens is 276 g/mol. The van der Waals surface area contributed by atoms with Gasteiger partial charge in [-0.05, 0) is 30.7 Å². The number of anilines is 1. The van der Waals surface area contributed by atoms with Gasteiger partial charge in [0.25, 0.3) is 0 Å². The summed E-state index contributed by atoms with van der Waals surface area (Å²) in [5.74, 6) is 0.736. The number of nitrogens with one attached hydrogen (secondary N) is 1. The number of amides is 1. The molecule has 1 atom stereocenters. The van der Waals surface area contributed by atoms with Crippen LogP contribution in [0, 0.1) is 0 Å². The van der Waals surface area contributed by atoms with Gasteiger partial charge in [-0.3, -0.25) is 4.79 Å². The summed E-state index contributed by atoms with van der Waals surface area (Å²) >= 11 is 0. The normalized spacial score (nSPS) is 11.8. The van der Waals surface area contributed by atoms with Crippen LogP contribution in [0.3, 0.4) is 0 Å². The molecule has 0 bridgehead atoms. The maximum absolute atomic E-state index is 11.8. The zero-order valence-electron chi connectivity index (χ0n) is 13.0. The average molecular weight is 298 g/mol. The molecule has 0 aromatic heterocycles. The van der Waals surface area contributed by atoms with Crippen LogP contribution in [0.5, 0.6) is 5.75 Å². The van der Waals surface area contributed by atoms with Gasteiger partial charge < -0.3 is 15.8 Å². The van der Waals surface area contributed by atoms with E-state index in [0.717, 1.165) is 23.4 Å². The molecule has 0 saturated heterocycles. The van der Waals surface area contributed by atoms with Crippen molar-refractivity contribution in [1.29, 1.82) is 0 Å². The van der Waals surface area contributed by atoms with Gasteiger partial charge in [-0.2, -0.15) is 0 Å². The van der Waals surface area contributed by atoms with E-state index in [-0.39, 0.29) is 11.9 Å². The fourth-order valence-electron chi connectivity index (χ4n) is 2.31. The number of nitrogens with two attached hydrogens (primary N) is 1. The molecule has 2 aromatic rings. The Bertz CT molecular complexity index is 624. The lowest BCUT2D eigenvalue weighted by atomic mass is 10.0. The number of benzene rings is 2. The molecule has 22 heavy (non-hydrogen) atoms. The Labute approximate surface area is 131 Å². The first-order valence-electron chi connectivity index (χ1n) is 7.34. The number of methoxy groups -OCH3 is 1. The first kappa shape index (κ1) is 16.0. The summed E-state index contributed by atoms with van der Waals surface area (Å²) in [5.41, 5.74) is 8.63. The Kier molecular flexibility index (Phi) is 5.55. The minimum atomic E-state index is -0.151. The van der Waals surface area contributed by atoms with Crippen LogP contribution in [-0.2, 0) is 11.2 Å². The second-order valence-electron chi connectivity index (χ2n) is 5.42. The van der Waals surface area contributed by atoms with Gasteiger partial charge >= 0.3 is 0 Å². The second kappa shape index (κ2) is 7.61. The van der Waals surface area contributed by atoms with Gasteiger partial charge in [0.1, 0.15) is 5.75 Å². The minimum absolute atomic E-state index is 0.0779. The maximum atomic E-state index is 11.8. The molecule has 2 rings (SSSR count). The number of carbonyl (C=O) groups is 1. The lowest BCUT2D eigenvalue weighted by Gasteiger charge is -2.12. The van der Waals surface area contributed by atoms with Gasteiger partial charge in [0, 0.05) is 30.1 Å².